The van der Waals surface area contributed by atoms with Crippen molar-refractivity contribution in [3.8, 4) is 0 Å². The van der Waals surface area contributed by atoms with Crippen molar-refractivity contribution in [2.75, 3.05) is 31.1 Å². The molecule has 3 aromatic heterocycles. The van der Waals surface area contributed by atoms with Crippen LogP contribution < -0.4 is 10.6 Å². The number of hydrogen-bond donors (Lipinski definition) is 1. The molecular weight excluding hydrogens is 324 g/mol. The third-order valence-electron chi connectivity index (χ3n) is 4.07. The van der Waals surface area contributed by atoms with Gasteiger partial charge in [0.05, 0.1) is 18.4 Å². The zero-order valence-corrected chi connectivity index (χ0v) is 13.9. The highest BCUT2D eigenvalue weighted by Crippen LogP contribution is 2.18. The van der Waals surface area contributed by atoms with E-state index in [1.807, 2.05) is 23.7 Å². The first-order valence-corrected chi connectivity index (χ1v) is 8.66. The summed E-state index contributed by atoms with van der Waals surface area (Å²) in [6.07, 6.45) is 5.34. The lowest BCUT2D eigenvalue weighted by Gasteiger charge is -2.35. The lowest BCUT2D eigenvalue weighted by atomic mass is 10.3. The minimum Gasteiger partial charge on any atom is -0.370 e. The van der Waals surface area contributed by atoms with Crippen molar-refractivity contribution in [3.63, 3.8) is 0 Å². The van der Waals surface area contributed by atoms with E-state index in [9.17, 15) is 0 Å². The molecule has 9 heteroatoms. The summed E-state index contributed by atoms with van der Waals surface area (Å²) in [6, 6.07) is 3.78. The van der Waals surface area contributed by atoms with Gasteiger partial charge in [0.2, 0.25) is 0 Å². The van der Waals surface area contributed by atoms with E-state index in [-0.39, 0.29) is 0 Å². The summed E-state index contributed by atoms with van der Waals surface area (Å²) in [7, 11) is 0. The van der Waals surface area contributed by atoms with Gasteiger partial charge in [-0.25, -0.2) is 19.5 Å². The Morgan fingerprint density at radius 1 is 1.12 bits per heavy atom. The number of aliphatic imine (C=N–C) groups is 1. The van der Waals surface area contributed by atoms with Crippen LogP contribution in [0.25, 0.3) is 5.65 Å². The van der Waals surface area contributed by atoms with Gasteiger partial charge in [0.1, 0.15) is 0 Å². The largest absolute Gasteiger partial charge is 0.370 e. The summed E-state index contributed by atoms with van der Waals surface area (Å²) in [5.74, 6) is 0.575. The molecular formula is C15H18N8S. The fourth-order valence-electron chi connectivity index (χ4n) is 2.77. The van der Waals surface area contributed by atoms with E-state index in [0.29, 0.717) is 12.5 Å². The molecule has 1 aliphatic heterocycles. The van der Waals surface area contributed by atoms with E-state index >= 15 is 0 Å². The number of fused-ring (bicyclic) bond motifs is 1. The molecule has 3 aromatic rings. The quantitative estimate of drug-likeness (QED) is 0.560. The topological polar surface area (TPSA) is 87.9 Å². The summed E-state index contributed by atoms with van der Waals surface area (Å²) in [6.45, 7) is 3.99. The number of anilines is 1. The van der Waals surface area contributed by atoms with Crippen LogP contribution in [0.3, 0.4) is 0 Å². The Morgan fingerprint density at radius 2 is 2.00 bits per heavy atom. The van der Waals surface area contributed by atoms with E-state index in [2.05, 4.69) is 29.9 Å². The highest BCUT2D eigenvalue weighted by Gasteiger charge is 2.19. The van der Waals surface area contributed by atoms with Crippen molar-refractivity contribution in [1.29, 1.82) is 0 Å². The second-order valence-corrected chi connectivity index (χ2v) is 6.37. The maximum atomic E-state index is 6.18. The van der Waals surface area contributed by atoms with Gasteiger partial charge in [-0.15, -0.1) is 11.3 Å². The third kappa shape index (κ3) is 2.90. The second kappa shape index (κ2) is 6.44. The van der Waals surface area contributed by atoms with Gasteiger partial charge in [-0.3, -0.25) is 0 Å². The number of guanidine groups is 1. The minimum absolute atomic E-state index is 0.485. The van der Waals surface area contributed by atoms with Crippen LogP contribution in [0, 0.1) is 0 Å². The molecule has 0 aromatic carbocycles. The van der Waals surface area contributed by atoms with Crippen LogP contribution in [0.1, 0.15) is 5.69 Å². The van der Waals surface area contributed by atoms with Crippen molar-refractivity contribution in [1.82, 2.24) is 24.5 Å². The Hall–Kier alpha value is -2.68. The molecule has 0 atom stereocenters. The fraction of sp³-hybridized carbons (Fsp3) is 0.333. The average molecular weight is 342 g/mol. The van der Waals surface area contributed by atoms with Crippen molar-refractivity contribution in [2.45, 2.75) is 6.54 Å². The molecule has 0 amide bonds. The number of aromatic nitrogens is 4. The van der Waals surface area contributed by atoms with Gasteiger partial charge < -0.3 is 15.5 Å². The van der Waals surface area contributed by atoms with E-state index in [1.54, 1.807) is 28.2 Å². The van der Waals surface area contributed by atoms with Crippen LogP contribution >= 0.6 is 11.3 Å². The van der Waals surface area contributed by atoms with E-state index in [0.717, 1.165) is 42.7 Å². The Kier molecular flexibility index (Phi) is 3.99. The predicted octanol–water partition coefficient (Wildman–Crippen LogP) is 0.823. The lowest BCUT2D eigenvalue weighted by Crippen LogP contribution is -2.51. The second-order valence-electron chi connectivity index (χ2n) is 5.50. The summed E-state index contributed by atoms with van der Waals surface area (Å²) in [5, 5.41) is 7.34. The molecule has 1 aliphatic rings. The maximum Gasteiger partial charge on any atom is 0.191 e. The number of thiazole rings is 1. The predicted molar refractivity (Wildman–Crippen MR) is 94.2 cm³/mol. The molecule has 0 spiro atoms. The summed E-state index contributed by atoms with van der Waals surface area (Å²) in [4.78, 5) is 17.5. The van der Waals surface area contributed by atoms with E-state index in [1.165, 1.54) is 0 Å². The molecule has 2 N–H and O–H groups in total. The highest BCUT2D eigenvalue weighted by atomic mass is 32.1. The van der Waals surface area contributed by atoms with Crippen LogP contribution in [0.4, 0.5) is 5.13 Å². The smallest absolute Gasteiger partial charge is 0.191 e. The van der Waals surface area contributed by atoms with Gasteiger partial charge in [-0.2, -0.15) is 5.10 Å². The molecule has 0 radical (unpaired) electrons. The molecule has 0 bridgehead atoms. The van der Waals surface area contributed by atoms with Crippen LogP contribution in [0.2, 0.25) is 0 Å². The number of piperazine rings is 1. The summed E-state index contributed by atoms with van der Waals surface area (Å²) >= 11 is 1.67. The summed E-state index contributed by atoms with van der Waals surface area (Å²) in [5.41, 5.74) is 7.96. The minimum atomic E-state index is 0.485. The molecule has 1 saturated heterocycles. The number of nitrogens with two attached hydrogens (primary N) is 1. The van der Waals surface area contributed by atoms with Gasteiger partial charge in [0, 0.05) is 50.0 Å². The monoisotopic (exact) mass is 342 g/mol. The molecule has 4 heterocycles. The van der Waals surface area contributed by atoms with Crippen molar-refractivity contribution >= 4 is 28.1 Å². The number of nitrogens with zero attached hydrogens (tertiary/aromatic N) is 7. The summed E-state index contributed by atoms with van der Waals surface area (Å²) < 4.78 is 1.79. The molecule has 0 saturated carbocycles. The molecule has 1 fully saturated rings. The SMILES string of the molecule is NC(=NCc1ccnc2ccnn12)N1CCN(c2nccs2)CC1. The van der Waals surface area contributed by atoms with Gasteiger partial charge in [-0.05, 0) is 6.07 Å². The average Bonchev–Trinajstić information content (AvgIpc) is 3.31. The Bertz CT molecular complexity index is 832. The Morgan fingerprint density at radius 3 is 2.79 bits per heavy atom. The normalized spacial score (nSPS) is 16.1. The fourth-order valence-corrected chi connectivity index (χ4v) is 3.46. The molecule has 8 nitrogen and oxygen atoms in total. The molecule has 124 valence electrons. The Labute approximate surface area is 143 Å². The molecule has 24 heavy (non-hydrogen) atoms. The molecule has 0 unspecified atom stereocenters. The van der Waals surface area contributed by atoms with Crippen molar-refractivity contribution < 1.29 is 0 Å². The van der Waals surface area contributed by atoms with Crippen LogP contribution in [0.15, 0.2) is 41.1 Å². The number of hydrogen-bond acceptors (Lipinski definition) is 6. The zero-order valence-electron chi connectivity index (χ0n) is 13.1. The van der Waals surface area contributed by atoms with Crippen LogP contribution in [-0.4, -0.2) is 56.6 Å². The Balaban J connectivity index is 1.40. The van der Waals surface area contributed by atoms with E-state index < -0.39 is 0 Å². The lowest BCUT2D eigenvalue weighted by molar-refractivity contribution is 0.380. The standard InChI is InChI=1S/C15H18N8S/c16-14(19-11-12-1-3-17-13-2-4-20-23(12)13)21-6-8-22(9-7-21)15-18-5-10-24-15/h1-5,10H,6-9,11H2,(H2,16,19). The van der Waals surface area contributed by atoms with Gasteiger partial charge in [-0.1, -0.05) is 0 Å². The zero-order chi connectivity index (χ0) is 16.4. The third-order valence-corrected chi connectivity index (χ3v) is 4.90. The first-order valence-electron chi connectivity index (χ1n) is 7.78. The van der Waals surface area contributed by atoms with Crippen molar-refractivity contribution in [3.05, 3.63) is 41.8 Å². The first kappa shape index (κ1) is 14.9. The van der Waals surface area contributed by atoms with Crippen LogP contribution in [-0.2, 0) is 6.54 Å². The van der Waals surface area contributed by atoms with Gasteiger partial charge in [0.25, 0.3) is 0 Å². The molecule has 4 rings (SSSR count). The maximum absolute atomic E-state index is 6.18. The van der Waals surface area contributed by atoms with Gasteiger partial charge in [0.15, 0.2) is 16.7 Å². The van der Waals surface area contributed by atoms with Crippen molar-refractivity contribution in [2.24, 2.45) is 10.7 Å². The van der Waals surface area contributed by atoms with E-state index in [4.69, 9.17) is 5.73 Å². The first-order chi connectivity index (χ1) is 11.8. The van der Waals surface area contributed by atoms with Gasteiger partial charge >= 0.3 is 0 Å². The van der Waals surface area contributed by atoms with Crippen LogP contribution in [0.5, 0.6) is 0 Å². The number of rotatable bonds is 3. The highest BCUT2D eigenvalue weighted by molar-refractivity contribution is 7.13. The molecule has 0 aliphatic carbocycles.